The van der Waals surface area contributed by atoms with E-state index in [2.05, 4.69) is 15.6 Å². The molecular weight excluding hydrogens is 222 g/mol. The molecule has 0 aromatic carbocycles. The Balaban J connectivity index is 2.17. The first-order valence-electron chi connectivity index (χ1n) is 5.16. The van der Waals surface area contributed by atoms with Crippen molar-refractivity contribution in [1.82, 2.24) is 10.3 Å². The van der Waals surface area contributed by atoms with Crippen molar-refractivity contribution in [2.45, 2.75) is 12.5 Å². The maximum Gasteiger partial charge on any atom is 0.267 e. The van der Waals surface area contributed by atoms with Crippen molar-refractivity contribution in [2.24, 2.45) is 5.73 Å². The first kappa shape index (κ1) is 11.2. The summed E-state index contributed by atoms with van der Waals surface area (Å²) in [7, 11) is 0. The molecule has 0 aliphatic carbocycles. The molecule has 7 heteroatoms. The molecule has 2 heterocycles. The Bertz CT molecular complexity index is 474. The summed E-state index contributed by atoms with van der Waals surface area (Å²) in [6, 6.07) is 2.95. The van der Waals surface area contributed by atoms with Crippen LogP contribution in [-0.2, 0) is 4.79 Å². The average Bonchev–Trinajstić information content (AvgIpc) is 2.67. The van der Waals surface area contributed by atoms with E-state index in [1.165, 1.54) is 6.07 Å². The summed E-state index contributed by atoms with van der Waals surface area (Å²) in [5.41, 5.74) is 11.4. The zero-order valence-electron chi connectivity index (χ0n) is 9.06. The predicted octanol–water partition coefficient (Wildman–Crippen LogP) is -0.937. The van der Waals surface area contributed by atoms with Crippen LogP contribution in [0.5, 0.6) is 0 Å². The summed E-state index contributed by atoms with van der Waals surface area (Å²) in [6.45, 7) is 0.515. The first-order valence-corrected chi connectivity index (χ1v) is 5.16. The van der Waals surface area contributed by atoms with Gasteiger partial charge in [-0.1, -0.05) is 0 Å². The molecule has 2 amide bonds. The molecule has 0 spiro atoms. The molecule has 6 N–H and O–H groups in total. The fraction of sp³-hybridized carbons (Fsp3) is 0.300. The van der Waals surface area contributed by atoms with Gasteiger partial charge < -0.3 is 22.1 Å². The highest BCUT2D eigenvalue weighted by Gasteiger charge is 2.22. The summed E-state index contributed by atoms with van der Waals surface area (Å²) in [5.74, 6) is -0.261. The van der Waals surface area contributed by atoms with Crippen LogP contribution < -0.4 is 22.1 Å². The van der Waals surface area contributed by atoms with Gasteiger partial charge in [0.2, 0.25) is 5.91 Å². The molecule has 0 bridgehead atoms. The molecule has 7 nitrogen and oxygen atoms in total. The molecular formula is C10H13N5O2. The molecule has 90 valence electrons. The van der Waals surface area contributed by atoms with Gasteiger partial charge in [-0.2, -0.15) is 0 Å². The van der Waals surface area contributed by atoms with E-state index in [1.807, 2.05) is 0 Å². The fourth-order valence-electron chi connectivity index (χ4n) is 1.62. The van der Waals surface area contributed by atoms with E-state index >= 15 is 0 Å². The lowest BCUT2D eigenvalue weighted by molar-refractivity contribution is -0.119. The van der Waals surface area contributed by atoms with E-state index in [-0.39, 0.29) is 17.6 Å². The third kappa shape index (κ3) is 2.44. The third-order valence-corrected chi connectivity index (χ3v) is 2.50. The van der Waals surface area contributed by atoms with Crippen LogP contribution in [0.4, 0.5) is 11.5 Å². The molecule has 1 unspecified atom stereocenters. The predicted molar refractivity (Wildman–Crippen MR) is 62.2 cm³/mol. The van der Waals surface area contributed by atoms with Crippen LogP contribution in [-0.4, -0.2) is 29.4 Å². The summed E-state index contributed by atoms with van der Waals surface area (Å²) in [4.78, 5) is 26.0. The highest BCUT2D eigenvalue weighted by atomic mass is 16.2. The van der Waals surface area contributed by atoms with Gasteiger partial charge in [-0.3, -0.25) is 9.59 Å². The number of pyridine rings is 1. The first-order chi connectivity index (χ1) is 8.06. The van der Waals surface area contributed by atoms with Crippen molar-refractivity contribution < 1.29 is 9.59 Å². The number of aromatic nitrogens is 1. The number of primary amides is 1. The smallest absolute Gasteiger partial charge is 0.267 e. The minimum atomic E-state index is -0.617. The van der Waals surface area contributed by atoms with Crippen LogP contribution in [0.25, 0.3) is 0 Å². The van der Waals surface area contributed by atoms with Crippen LogP contribution in [0.1, 0.15) is 16.9 Å². The number of rotatable bonds is 3. The molecule has 17 heavy (non-hydrogen) atoms. The molecule has 1 aromatic rings. The number of amides is 2. The highest BCUT2D eigenvalue weighted by Crippen LogP contribution is 2.18. The maximum atomic E-state index is 11.0. The Morgan fingerprint density at radius 3 is 2.88 bits per heavy atom. The number of hydrogen-bond acceptors (Lipinski definition) is 5. The maximum absolute atomic E-state index is 11.0. The van der Waals surface area contributed by atoms with Gasteiger partial charge in [-0.15, -0.1) is 0 Å². The Labute approximate surface area is 97.6 Å². The Morgan fingerprint density at radius 2 is 2.29 bits per heavy atom. The largest absolute Gasteiger partial charge is 0.396 e. The number of nitrogen functional groups attached to an aromatic ring is 1. The summed E-state index contributed by atoms with van der Waals surface area (Å²) in [5, 5.41) is 5.69. The molecule has 1 aliphatic rings. The topological polar surface area (TPSA) is 123 Å². The SMILES string of the molecule is NC(=O)c1ccc(N)c(NC2CNC(=O)C2)n1. The number of hydrogen-bond donors (Lipinski definition) is 4. The number of carbonyl (C=O) groups excluding carboxylic acids is 2. The quantitative estimate of drug-likeness (QED) is 0.538. The van der Waals surface area contributed by atoms with E-state index < -0.39 is 5.91 Å². The third-order valence-electron chi connectivity index (χ3n) is 2.50. The molecule has 1 fully saturated rings. The van der Waals surface area contributed by atoms with Crippen LogP contribution in [0.2, 0.25) is 0 Å². The van der Waals surface area contributed by atoms with E-state index in [1.54, 1.807) is 6.07 Å². The van der Waals surface area contributed by atoms with Gasteiger partial charge in [0, 0.05) is 13.0 Å². The van der Waals surface area contributed by atoms with Gasteiger partial charge in [0.05, 0.1) is 11.7 Å². The van der Waals surface area contributed by atoms with Crippen molar-refractivity contribution in [3.63, 3.8) is 0 Å². The number of nitrogens with two attached hydrogens (primary N) is 2. The molecule has 1 saturated heterocycles. The molecule has 2 rings (SSSR count). The standard InChI is InChI=1S/C10H13N5O2/c11-6-1-2-7(9(12)17)15-10(6)14-5-3-8(16)13-4-5/h1-2,5H,3-4,11H2,(H2,12,17)(H,13,16)(H,14,15). The average molecular weight is 235 g/mol. The van der Waals surface area contributed by atoms with E-state index in [0.717, 1.165) is 0 Å². The van der Waals surface area contributed by atoms with Crippen molar-refractivity contribution >= 4 is 23.3 Å². The second-order valence-electron chi connectivity index (χ2n) is 3.85. The van der Waals surface area contributed by atoms with Gasteiger partial charge in [0.25, 0.3) is 5.91 Å². The number of anilines is 2. The highest BCUT2D eigenvalue weighted by molar-refractivity contribution is 5.92. The molecule has 0 radical (unpaired) electrons. The van der Waals surface area contributed by atoms with Crippen molar-refractivity contribution in [1.29, 1.82) is 0 Å². The summed E-state index contributed by atoms with van der Waals surface area (Å²) >= 11 is 0. The van der Waals surface area contributed by atoms with Gasteiger partial charge in [0.1, 0.15) is 11.5 Å². The Hall–Kier alpha value is -2.31. The number of nitrogens with zero attached hydrogens (tertiary/aromatic N) is 1. The van der Waals surface area contributed by atoms with Crippen LogP contribution in [0.3, 0.4) is 0 Å². The lowest BCUT2D eigenvalue weighted by Crippen LogP contribution is -2.24. The number of nitrogens with one attached hydrogen (secondary N) is 2. The molecule has 1 atom stereocenters. The minimum Gasteiger partial charge on any atom is -0.396 e. The van der Waals surface area contributed by atoms with Crippen molar-refractivity contribution in [3.8, 4) is 0 Å². The van der Waals surface area contributed by atoms with Crippen LogP contribution in [0.15, 0.2) is 12.1 Å². The summed E-state index contributed by atoms with van der Waals surface area (Å²) < 4.78 is 0. The minimum absolute atomic E-state index is 0.0212. The second-order valence-corrected chi connectivity index (χ2v) is 3.85. The lowest BCUT2D eigenvalue weighted by Gasteiger charge is -2.13. The van der Waals surface area contributed by atoms with Gasteiger partial charge in [0.15, 0.2) is 0 Å². The van der Waals surface area contributed by atoms with E-state index in [0.29, 0.717) is 24.5 Å². The van der Waals surface area contributed by atoms with Crippen molar-refractivity contribution in [2.75, 3.05) is 17.6 Å². The molecule has 0 saturated carbocycles. The van der Waals surface area contributed by atoms with E-state index in [9.17, 15) is 9.59 Å². The van der Waals surface area contributed by atoms with E-state index in [4.69, 9.17) is 11.5 Å². The van der Waals surface area contributed by atoms with Crippen LogP contribution >= 0.6 is 0 Å². The summed E-state index contributed by atoms with van der Waals surface area (Å²) in [6.07, 6.45) is 0.363. The monoisotopic (exact) mass is 235 g/mol. The van der Waals surface area contributed by atoms with Gasteiger partial charge in [-0.05, 0) is 12.1 Å². The van der Waals surface area contributed by atoms with Crippen LogP contribution in [0, 0.1) is 0 Å². The second kappa shape index (κ2) is 4.28. The molecule has 1 aliphatic heterocycles. The lowest BCUT2D eigenvalue weighted by atomic mass is 10.2. The normalized spacial score (nSPS) is 18.8. The Morgan fingerprint density at radius 1 is 1.53 bits per heavy atom. The number of carbonyl (C=O) groups is 2. The fourth-order valence-corrected chi connectivity index (χ4v) is 1.62. The zero-order valence-corrected chi connectivity index (χ0v) is 9.06. The van der Waals surface area contributed by atoms with Gasteiger partial charge in [-0.25, -0.2) is 4.98 Å². The Kier molecular flexibility index (Phi) is 2.82. The van der Waals surface area contributed by atoms with Crippen molar-refractivity contribution in [3.05, 3.63) is 17.8 Å². The zero-order chi connectivity index (χ0) is 12.4. The van der Waals surface area contributed by atoms with Gasteiger partial charge >= 0.3 is 0 Å². The molecule has 1 aromatic heterocycles.